The van der Waals surface area contributed by atoms with Crippen LogP contribution in [0.3, 0.4) is 0 Å². The molecule has 6 nitrogen and oxygen atoms in total. The van der Waals surface area contributed by atoms with E-state index in [1.54, 1.807) is 0 Å². The Hall–Kier alpha value is -0.680. The Morgan fingerprint density at radius 1 is 1.20 bits per heavy atom. The highest BCUT2D eigenvalue weighted by molar-refractivity contribution is 4.90. The monoisotopic (exact) mass is 218 g/mol. The Kier molecular flexibility index (Phi) is 4.47. The number of aliphatic hydroxyl groups excluding tert-OH is 4. The van der Waals surface area contributed by atoms with Crippen LogP contribution in [0.5, 0.6) is 0 Å². The predicted octanol–water partition coefficient (Wildman–Crippen LogP) is -2.56. The molecule has 0 radical (unpaired) electrons. The van der Waals surface area contributed by atoms with Gasteiger partial charge in [0, 0.05) is 0 Å². The summed E-state index contributed by atoms with van der Waals surface area (Å²) in [4.78, 5) is 0. The molecule has 1 fully saturated rings. The predicted molar refractivity (Wildman–Crippen MR) is 48.6 cm³/mol. The Morgan fingerprint density at radius 2 is 1.87 bits per heavy atom. The van der Waals surface area contributed by atoms with E-state index in [4.69, 9.17) is 21.0 Å². The van der Waals surface area contributed by atoms with Crippen molar-refractivity contribution in [3.8, 4) is 12.3 Å². The largest absolute Gasteiger partial charge is 0.394 e. The van der Waals surface area contributed by atoms with Crippen LogP contribution in [0.15, 0.2) is 0 Å². The van der Waals surface area contributed by atoms with Gasteiger partial charge in [0.05, 0.1) is 6.61 Å². The van der Waals surface area contributed by atoms with Crippen molar-refractivity contribution in [2.24, 2.45) is 0 Å². The van der Waals surface area contributed by atoms with E-state index in [9.17, 15) is 15.3 Å². The van der Waals surface area contributed by atoms with E-state index in [1.165, 1.54) is 0 Å². The summed E-state index contributed by atoms with van der Waals surface area (Å²) in [5.41, 5.74) is 0. The third-order valence-corrected chi connectivity index (χ3v) is 2.18. The Balaban J connectivity index is 2.62. The molecule has 0 spiro atoms. The fourth-order valence-electron chi connectivity index (χ4n) is 1.34. The smallest absolute Gasteiger partial charge is 0.187 e. The van der Waals surface area contributed by atoms with Gasteiger partial charge in [0.1, 0.15) is 31.0 Å². The van der Waals surface area contributed by atoms with Crippen molar-refractivity contribution < 1.29 is 29.9 Å². The van der Waals surface area contributed by atoms with Crippen molar-refractivity contribution >= 4 is 0 Å². The Morgan fingerprint density at radius 3 is 2.40 bits per heavy atom. The Labute approximate surface area is 87.1 Å². The molecule has 6 heteroatoms. The molecular formula is C9H14O6. The Bertz CT molecular complexity index is 235. The molecule has 0 aromatic carbocycles. The molecule has 0 aromatic heterocycles. The summed E-state index contributed by atoms with van der Waals surface area (Å²) in [7, 11) is 0. The lowest BCUT2D eigenvalue weighted by Crippen LogP contribution is -2.59. The van der Waals surface area contributed by atoms with Gasteiger partial charge in [-0.15, -0.1) is 6.42 Å². The van der Waals surface area contributed by atoms with E-state index in [1.807, 2.05) is 0 Å². The van der Waals surface area contributed by atoms with E-state index >= 15 is 0 Å². The standard InChI is InChI=1S/C9H14O6/c1-2-3-14-9-8(13)7(12)6(11)5(4-10)15-9/h1,5-13H,3-4H2/t5-,6-,7-,8+,9-/m0/s1. The third-order valence-electron chi connectivity index (χ3n) is 2.18. The van der Waals surface area contributed by atoms with Gasteiger partial charge in [-0.25, -0.2) is 0 Å². The van der Waals surface area contributed by atoms with Gasteiger partial charge < -0.3 is 29.9 Å². The average molecular weight is 218 g/mol. The maximum atomic E-state index is 9.44. The first-order valence-electron chi connectivity index (χ1n) is 4.47. The highest BCUT2D eigenvalue weighted by atomic mass is 16.7. The maximum Gasteiger partial charge on any atom is 0.187 e. The molecule has 1 aliphatic heterocycles. The molecule has 4 N–H and O–H groups in total. The minimum Gasteiger partial charge on any atom is -0.394 e. The molecule has 0 unspecified atom stereocenters. The summed E-state index contributed by atoms with van der Waals surface area (Å²) in [5, 5.41) is 37.0. The number of rotatable bonds is 3. The van der Waals surface area contributed by atoms with Gasteiger partial charge in [0.25, 0.3) is 0 Å². The highest BCUT2D eigenvalue weighted by Gasteiger charge is 2.43. The second kappa shape index (κ2) is 5.42. The zero-order chi connectivity index (χ0) is 11.4. The zero-order valence-corrected chi connectivity index (χ0v) is 7.98. The molecule has 5 atom stereocenters. The van der Waals surface area contributed by atoms with Gasteiger partial charge in [-0.1, -0.05) is 5.92 Å². The van der Waals surface area contributed by atoms with Crippen molar-refractivity contribution in [2.75, 3.05) is 13.2 Å². The lowest BCUT2D eigenvalue weighted by molar-refractivity contribution is -0.298. The average Bonchev–Trinajstić information content (AvgIpc) is 2.25. The molecule has 1 heterocycles. The first-order valence-corrected chi connectivity index (χ1v) is 4.47. The summed E-state index contributed by atoms with van der Waals surface area (Å²) in [6.07, 6.45) is -1.36. The molecule has 1 rings (SSSR count). The van der Waals surface area contributed by atoms with Crippen LogP contribution in [-0.4, -0.2) is 64.3 Å². The number of hydrogen-bond acceptors (Lipinski definition) is 6. The maximum absolute atomic E-state index is 9.44. The van der Waals surface area contributed by atoms with Crippen molar-refractivity contribution in [1.29, 1.82) is 0 Å². The molecule has 0 amide bonds. The van der Waals surface area contributed by atoms with Crippen LogP contribution < -0.4 is 0 Å². The van der Waals surface area contributed by atoms with Crippen LogP contribution in [0.25, 0.3) is 0 Å². The van der Waals surface area contributed by atoms with Gasteiger partial charge in [-0.05, 0) is 0 Å². The zero-order valence-electron chi connectivity index (χ0n) is 7.98. The van der Waals surface area contributed by atoms with Crippen molar-refractivity contribution in [1.82, 2.24) is 0 Å². The lowest BCUT2D eigenvalue weighted by Gasteiger charge is -2.39. The molecule has 0 aliphatic carbocycles. The lowest BCUT2D eigenvalue weighted by atomic mass is 9.99. The summed E-state index contributed by atoms with van der Waals surface area (Å²) < 4.78 is 9.91. The van der Waals surface area contributed by atoms with Gasteiger partial charge in [-0.3, -0.25) is 0 Å². The molecule has 15 heavy (non-hydrogen) atoms. The third kappa shape index (κ3) is 2.66. The van der Waals surface area contributed by atoms with Crippen molar-refractivity contribution in [2.45, 2.75) is 30.7 Å². The van der Waals surface area contributed by atoms with Crippen LogP contribution in [0.2, 0.25) is 0 Å². The number of ether oxygens (including phenoxy) is 2. The normalized spacial score (nSPS) is 41.1. The van der Waals surface area contributed by atoms with Crippen LogP contribution in [0, 0.1) is 12.3 Å². The topological polar surface area (TPSA) is 99.4 Å². The second-order valence-electron chi connectivity index (χ2n) is 3.21. The van der Waals surface area contributed by atoms with Crippen LogP contribution >= 0.6 is 0 Å². The SMILES string of the molecule is C#CCO[C@H]1O[C@@H](CO)[C@H](O)[C@H](O)[C@H]1O. The molecule has 1 aliphatic rings. The number of terminal acetylenes is 1. The number of hydrogen-bond donors (Lipinski definition) is 4. The quantitative estimate of drug-likeness (QED) is 0.389. The second-order valence-corrected chi connectivity index (χ2v) is 3.21. The molecule has 1 saturated heterocycles. The van der Waals surface area contributed by atoms with E-state index in [0.29, 0.717) is 0 Å². The summed E-state index contributed by atoms with van der Waals surface area (Å²) in [6, 6.07) is 0. The van der Waals surface area contributed by atoms with Crippen LogP contribution in [0.4, 0.5) is 0 Å². The van der Waals surface area contributed by atoms with Gasteiger partial charge >= 0.3 is 0 Å². The highest BCUT2D eigenvalue weighted by Crippen LogP contribution is 2.21. The first kappa shape index (κ1) is 12.4. The molecule has 0 saturated carbocycles. The van der Waals surface area contributed by atoms with E-state index in [2.05, 4.69) is 5.92 Å². The van der Waals surface area contributed by atoms with Crippen LogP contribution in [0.1, 0.15) is 0 Å². The first-order chi connectivity index (χ1) is 7.11. The minimum absolute atomic E-state index is 0.0946. The summed E-state index contributed by atoms with van der Waals surface area (Å²) >= 11 is 0. The van der Waals surface area contributed by atoms with Crippen molar-refractivity contribution in [3.05, 3.63) is 0 Å². The number of aliphatic hydroxyl groups is 4. The van der Waals surface area contributed by atoms with E-state index in [-0.39, 0.29) is 6.61 Å². The van der Waals surface area contributed by atoms with Crippen molar-refractivity contribution in [3.63, 3.8) is 0 Å². The minimum atomic E-state index is -1.43. The molecule has 0 aromatic rings. The molecule has 86 valence electrons. The fourth-order valence-corrected chi connectivity index (χ4v) is 1.34. The summed E-state index contributed by atoms with van der Waals surface area (Å²) in [6.45, 7) is -0.580. The van der Waals surface area contributed by atoms with E-state index < -0.39 is 37.3 Å². The molecule has 0 bridgehead atoms. The molecular weight excluding hydrogens is 204 g/mol. The van der Waals surface area contributed by atoms with Gasteiger partial charge in [0.15, 0.2) is 6.29 Å². The fraction of sp³-hybridized carbons (Fsp3) is 0.778. The van der Waals surface area contributed by atoms with E-state index in [0.717, 1.165) is 0 Å². The van der Waals surface area contributed by atoms with Gasteiger partial charge in [0.2, 0.25) is 0 Å². The van der Waals surface area contributed by atoms with Gasteiger partial charge in [-0.2, -0.15) is 0 Å². The van der Waals surface area contributed by atoms with Crippen LogP contribution in [-0.2, 0) is 9.47 Å². The summed E-state index contributed by atoms with van der Waals surface area (Å²) in [5.74, 6) is 2.17.